The molecule has 0 aromatic heterocycles. The van der Waals surface area contributed by atoms with E-state index in [-0.39, 0.29) is 18.7 Å². The molecule has 16 heavy (non-hydrogen) atoms. The number of carbonyl (C=O) groups excluding carboxylic acids is 1. The fourth-order valence-corrected chi connectivity index (χ4v) is 1.18. The molecule has 4 nitrogen and oxygen atoms in total. The zero-order valence-corrected chi connectivity index (χ0v) is 9.09. The number of rotatable bonds is 5. The summed E-state index contributed by atoms with van der Waals surface area (Å²) >= 11 is 0. The summed E-state index contributed by atoms with van der Waals surface area (Å²) in [4.78, 5) is 14.2. The number of carbonyl (C=O) groups is 1. The molecule has 0 unspecified atom stereocenters. The van der Waals surface area contributed by atoms with Crippen LogP contribution in [0.25, 0.3) is 5.53 Å². The topological polar surface area (TPSA) is 62.7 Å². The standard InChI is InChI=1S/C12H13N2O2/c1-2-16-12(15)11(14-13)9-8-10-6-4-3-5-7-10/h3-8H,2,9H2,1H3. The number of esters is 1. The first-order chi connectivity index (χ1) is 7.77. The predicted octanol–water partition coefficient (Wildman–Crippen LogP) is 1.86. The van der Waals surface area contributed by atoms with Crippen LogP contribution in [0, 0.1) is 6.42 Å². The lowest BCUT2D eigenvalue weighted by molar-refractivity contribution is -0.140. The molecular formula is C12H13N2O2. The molecule has 0 atom stereocenters. The molecular weight excluding hydrogens is 204 g/mol. The van der Waals surface area contributed by atoms with E-state index in [0.29, 0.717) is 0 Å². The second kappa shape index (κ2) is 6.53. The molecule has 0 heterocycles. The van der Waals surface area contributed by atoms with Crippen molar-refractivity contribution in [3.05, 3.63) is 47.8 Å². The highest BCUT2D eigenvalue weighted by molar-refractivity contribution is 6.34. The van der Waals surface area contributed by atoms with Crippen molar-refractivity contribution in [1.82, 2.24) is 0 Å². The molecule has 0 bridgehead atoms. The molecule has 83 valence electrons. The van der Waals surface area contributed by atoms with Gasteiger partial charge < -0.3 is 10.3 Å². The molecule has 1 aromatic rings. The maximum absolute atomic E-state index is 11.3. The van der Waals surface area contributed by atoms with Crippen molar-refractivity contribution in [2.75, 3.05) is 6.61 Å². The first-order valence-electron chi connectivity index (χ1n) is 5.04. The molecule has 0 fully saturated rings. The summed E-state index contributed by atoms with van der Waals surface area (Å²) in [5, 5.41) is 0. The normalized spacial score (nSPS) is 9.31. The third kappa shape index (κ3) is 3.67. The lowest BCUT2D eigenvalue weighted by Gasteiger charge is -1.98. The minimum absolute atomic E-state index is 0.00528. The van der Waals surface area contributed by atoms with E-state index in [0.717, 1.165) is 5.56 Å². The van der Waals surface area contributed by atoms with Gasteiger partial charge in [-0.2, -0.15) is 4.79 Å². The van der Waals surface area contributed by atoms with Gasteiger partial charge in [-0.25, -0.2) is 4.79 Å². The van der Waals surface area contributed by atoms with Crippen LogP contribution in [-0.4, -0.2) is 23.1 Å². The van der Waals surface area contributed by atoms with Crippen LogP contribution in [0.5, 0.6) is 0 Å². The van der Waals surface area contributed by atoms with Crippen LogP contribution in [0.1, 0.15) is 18.9 Å². The Morgan fingerprint density at radius 1 is 1.44 bits per heavy atom. The van der Waals surface area contributed by atoms with Crippen molar-refractivity contribution in [2.45, 2.75) is 13.3 Å². The van der Waals surface area contributed by atoms with Gasteiger partial charge in [0, 0.05) is 6.42 Å². The number of hydrogen-bond donors (Lipinski definition) is 0. The Kier molecular flexibility index (Phi) is 4.96. The molecule has 1 aromatic carbocycles. The molecule has 0 aliphatic heterocycles. The van der Waals surface area contributed by atoms with Crippen molar-refractivity contribution in [3.63, 3.8) is 0 Å². The zero-order chi connectivity index (χ0) is 11.8. The van der Waals surface area contributed by atoms with Gasteiger partial charge in [-0.05, 0) is 12.5 Å². The van der Waals surface area contributed by atoms with E-state index >= 15 is 0 Å². The lowest BCUT2D eigenvalue weighted by atomic mass is 10.1. The van der Waals surface area contributed by atoms with Crippen LogP contribution in [0.2, 0.25) is 0 Å². The Bertz CT molecular complexity index is 395. The fourth-order valence-electron chi connectivity index (χ4n) is 1.18. The minimum Gasteiger partial charge on any atom is -0.457 e. The maximum Gasteiger partial charge on any atom is 0.416 e. The highest BCUT2D eigenvalue weighted by atomic mass is 16.5. The van der Waals surface area contributed by atoms with E-state index in [4.69, 9.17) is 10.3 Å². The minimum atomic E-state index is -0.586. The summed E-state index contributed by atoms with van der Waals surface area (Å²) in [6, 6.07) is 9.50. The van der Waals surface area contributed by atoms with Crippen LogP contribution in [-0.2, 0) is 9.53 Å². The Labute approximate surface area is 94.5 Å². The van der Waals surface area contributed by atoms with Crippen molar-refractivity contribution in [3.8, 4) is 0 Å². The van der Waals surface area contributed by atoms with E-state index in [1.54, 1.807) is 13.3 Å². The first kappa shape index (κ1) is 12.1. The van der Waals surface area contributed by atoms with Crippen LogP contribution in [0.3, 0.4) is 0 Å². The number of nitrogens with zero attached hydrogens (tertiary/aromatic N) is 2. The van der Waals surface area contributed by atoms with Crippen molar-refractivity contribution < 1.29 is 14.3 Å². The van der Waals surface area contributed by atoms with Crippen LogP contribution < -0.4 is 0 Å². The van der Waals surface area contributed by atoms with Gasteiger partial charge in [0.1, 0.15) is 0 Å². The van der Waals surface area contributed by atoms with Gasteiger partial charge in [0.05, 0.1) is 13.0 Å². The Morgan fingerprint density at radius 2 is 2.12 bits per heavy atom. The second-order valence-corrected chi connectivity index (χ2v) is 3.09. The largest absolute Gasteiger partial charge is 0.457 e. The molecule has 1 radical (unpaired) electrons. The zero-order valence-electron chi connectivity index (χ0n) is 9.09. The lowest BCUT2D eigenvalue weighted by Crippen LogP contribution is -2.18. The summed E-state index contributed by atoms with van der Waals surface area (Å²) in [5.41, 5.74) is 9.64. The Morgan fingerprint density at radius 3 is 2.69 bits per heavy atom. The summed E-state index contributed by atoms with van der Waals surface area (Å²) < 4.78 is 4.73. The van der Waals surface area contributed by atoms with Crippen molar-refractivity contribution in [1.29, 1.82) is 0 Å². The van der Waals surface area contributed by atoms with E-state index in [9.17, 15) is 4.79 Å². The highest BCUT2D eigenvalue weighted by Crippen LogP contribution is 2.05. The van der Waals surface area contributed by atoms with Crippen molar-refractivity contribution >= 4 is 11.7 Å². The molecule has 0 aliphatic carbocycles. The summed E-state index contributed by atoms with van der Waals surface area (Å²) in [5.74, 6) is -0.586. The molecule has 0 spiro atoms. The van der Waals surface area contributed by atoms with Gasteiger partial charge in [0.25, 0.3) is 0 Å². The van der Waals surface area contributed by atoms with Gasteiger partial charge in [0.2, 0.25) is 0 Å². The third-order valence-electron chi connectivity index (χ3n) is 1.96. The summed E-state index contributed by atoms with van der Waals surface area (Å²) in [6.45, 7) is 1.97. The fraction of sp³-hybridized carbons (Fsp3) is 0.250. The number of hydrogen-bond acceptors (Lipinski definition) is 2. The van der Waals surface area contributed by atoms with E-state index in [2.05, 4.69) is 4.79 Å². The van der Waals surface area contributed by atoms with Crippen LogP contribution in [0.15, 0.2) is 30.3 Å². The Balaban J connectivity index is 2.54. The predicted molar refractivity (Wildman–Crippen MR) is 59.7 cm³/mol. The molecule has 1 rings (SSSR count). The second-order valence-electron chi connectivity index (χ2n) is 3.09. The maximum atomic E-state index is 11.3. The van der Waals surface area contributed by atoms with Crippen LogP contribution in [0.4, 0.5) is 0 Å². The molecule has 0 saturated heterocycles. The summed E-state index contributed by atoms with van der Waals surface area (Å²) in [7, 11) is 0. The van der Waals surface area contributed by atoms with Gasteiger partial charge in [0.15, 0.2) is 0 Å². The molecule has 0 aliphatic rings. The monoisotopic (exact) mass is 217 g/mol. The van der Waals surface area contributed by atoms with Gasteiger partial charge in [-0.1, -0.05) is 30.3 Å². The average molecular weight is 217 g/mol. The van der Waals surface area contributed by atoms with E-state index in [1.165, 1.54) is 0 Å². The quantitative estimate of drug-likeness (QED) is 0.327. The smallest absolute Gasteiger partial charge is 0.416 e. The molecule has 0 N–H and O–H groups in total. The number of benzene rings is 1. The van der Waals surface area contributed by atoms with E-state index < -0.39 is 5.97 Å². The summed E-state index contributed by atoms with van der Waals surface area (Å²) in [6.07, 6.45) is 2.05. The number of ether oxygens (including phenoxy) is 1. The molecule has 4 heteroatoms. The molecule has 0 saturated carbocycles. The Hall–Kier alpha value is -1.93. The highest BCUT2D eigenvalue weighted by Gasteiger charge is 2.20. The van der Waals surface area contributed by atoms with Gasteiger partial charge >= 0.3 is 11.7 Å². The van der Waals surface area contributed by atoms with Gasteiger partial charge in [-0.15, -0.1) is 0 Å². The van der Waals surface area contributed by atoms with Crippen molar-refractivity contribution in [2.24, 2.45) is 0 Å². The van der Waals surface area contributed by atoms with Crippen LogP contribution >= 0.6 is 0 Å². The SMILES string of the molecule is CCOC(=O)C(C[CH]c1ccccc1)=[N+]=[N-]. The average Bonchev–Trinajstić information content (AvgIpc) is 2.31. The van der Waals surface area contributed by atoms with E-state index in [1.807, 2.05) is 30.3 Å². The first-order valence-corrected chi connectivity index (χ1v) is 5.04. The molecule has 0 amide bonds. The van der Waals surface area contributed by atoms with Gasteiger partial charge in [-0.3, -0.25) is 0 Å². The third-order valence-corrected chi connectivity index (χ3v) is 1.96.